The van der Waals surface area contributed by atoms with Gasteiger partial charge < -0.3 is 5.32 Å². The molecule has 1 aromatic carbocycles. The molecule has 2 N–H and O–H groups in total. The molecule has 5 heteroatoms. The molecule has 0 amide bonds. The molecule has 0 aliphatic heterocycles. The molecule has 0 unspecified atom stereocenters. The molecule has 0 fully saturated rings. The van der Waals surface area contributed by atoms with E-state index in [1.54, 1.807) is 6.07 Å². The Hall–Kier alpha value is -1.07. The number of nitrogens with one attached hydrogen (secondary N) is 2. The highest BCUT2D eigenvalue weighted by Crippen LogP contribution is 2.15. The average molecular weight is 270 g/mol. The summed E-state index contributed by atoms with van der Waals surface area (Å²) in [5.41, 5.74) is 1.59. The molecule has 4 nitrogen and oxygen atoms in total. The Labute approximate surface area is 110 Å². The zero-order valence-corrected chi connectivity index (χ0v) is 12.0. The predicted octanol–water partition coefficient (Wildman–Crippen LogP) is 2.12. The van der Waals surface area contributed by atoms with Crippen molar-refractivity contribution in [2.45, 2.75) is 33.2 Å². The number of hydrogen-bond donors (Lipinski definition) is 2. The van der Waals surface area contributed by atoms with Gasteiger partial charge in [-0.1, -0.05) is 32.0 Å². The molecule has 102 valence electrons. The molecule has 0 saturated heterocycles. The molecule has 18 heavy (non-hydrogen) atoms. The number of aryl methyl sites for hydroxylation is 1. The number of benzene rings is 1. The Morgan fingerprint density at radius 3 is 2.50 bits per heavy atom. The molecule has 0 atom stereocenters. The van der Waals surface area contributed by atoms with Crippen molar-refractivity contribution in [3.05, 3.63) is 29.8 Å². The minimum Gasteiger partial charge on any atom is -0.314 e. The first kappa shape index (κ1) is 15.0. The summed E-state index contributed by atoms with van der Waals surface area (Å²) in [6, 6.07) is 7.76. The molecule has 0 radical (unpaired) electrons. The van der Waals surface area contributed by atoms with Gasteiger partial charge in [0.25, 0.3) is 0 Å². The lowest BCUT2D eigenvalue weighted by Gasteiger charge is -2.11. The van der Waals surface area contributed by atoms with Crippen LogP contribution in [-0.4, -0.2) is 26.8 Å². The summed E-state index contributed by atoms with van der Waals surface area (Å²) in [5.74, 6) is 0.140. The average Bonchev–Trinajstić information content (AvgIpc) is 2.27. The number of hydrogen-bond acceptors (Lipinski definition) is 3. The van der Waals surface area contributed by atoms with E-state index in [9.17, 15) is 8.42 Å². The molecule has 0 aliphatic rings. The summed E-state index contributed by atoms with van der Waals surface area (Å²) in [4.78, 5) is 0. The first-order valence-electron chi connectivity index (χ1n) is 6.20. The van der Waals surface area contributed by atoms with Crippen molar-refractivity contribution in [3.63, 3.8) is 0 Å². The van der Waals surface area contributed by atoms with Crippen molar-refractivity contribution in [1.82, 2.24) is 5.32 Å². The van der Waals surface area contributed by atoms with Gasteiger partial charge in [0.2, 0.25) is 10.0 Å². The van der Waals surface area contributed by atoms with Gasteiger partial charge >= 0.3 is 0 Å². The predicted molar refractivity (Wildman–Crippen MR) is 76.3 cm³/mol. The van der Waals surface area contributed by atoms with Gasteiger partial charge in [0.15, 0.2) is 0 Å². The maximum atomic E-state index is 11.9. The van der Waals surface area contributed by atoms with Crippen molar-refractivity contribution in [2.24, 2.45) is 0 Å². The zero-order chi connectivity index (χ0) is 13.6. The van der Waals surface area contributed by atoms with E-state index in [0.717, 1.165) is 5.56 Å². The second-order valence-electron chi connectivity index (χ2n) is 4.70. The quantitative estimate of drug-likeness (QED) is 0.746. The molecule has 1 rings (SSSR count). The number of anilines is 1. The van der Waals surface area contributed by atoms with Gasteiger partial charge in [-0.05, 0) is 31.5 Å². The zero-order valence-electron chi connectivity index (χ0n) is 11.2. The first-order valence-corrected chi connectivity index (χ1v) is 7.85. The monoisotopic (exact) mass is 270 g/mol. The fourth-order valence-electron chi connectivity index (χ4n) is 1.56. The van der Waals surface area contributed by atoms with Crippen molar-refractivity contribution in [3.8, 4) is 0 Å². The summed E-state index contributed by atoms with van der Waals surface area (Å²) < 4.78 is 26.3. The Balaban J connectivity index is 2.48. The van der Waals surface area contributed by atoms with Crippen LogP contribution in [0.5, 0.6) is 0 Å². The van der Waals surface area contributed by atoms with Crippen LogP contribution in [0.3, 0.4) is 0 Å². The van der Waals surface area contributed by atoms with Crippen molar-refractivity contribution in [1.29, 1.82) is 0 Å². The van der Waals surface area contributed by atoms with Gasteiger partial charge in [-0.15, -0.1) is 0 Å². The van der Waals surface area contributed by atoms with Crippen LogP contribution in [0.25, 0.3) is 0 Å². The molecular weight excluding hydrogens is 248 g/mol. The Morgan fingerprint density at radius 1 is 1.22 bits per heavy atom. The Morgan fingerprint density at radius 2 is 1.89 bits per heavy atom. The van der Waals surface area contributed by atoms with Crippen LogP contribution in [0.4, 0.5) is 5.69 Å². The standard InChI is InChI=1S/C13H22N2O2S/c1-11(2)14-9-6-10-18(16,17)15-13-8-5-4-7-12(13)3/h4-5,7-8,11,14-15H,6,9-10H2,1-3H3. The van der Waals surface area contributed by atoms with Gasteiger partial charge in [0.05, 0.1) is 11.4 Å². The topological polar surface area (TPSA) is 58.2 Å². The lowest BCUT2D eigenvalue weighted by molar-refractivity contribution is 0.571. The Kier molecular flexibility index (Phi) is 5.62. The normalized spacial score (nSPS) is 11.8. The molecule has 0 bridgehead atoms. The molecule has 0 aromatic heterocycles. The van der Waals surface area contributed by atoms with Gasteiger partial charge in [-0.25, -0.2) is 8.42 Å². The minimum absolute atomic E-state index is 0.140. The van der Waals surface area contributed by atoms with Crippen molar-refractivity contribution < 1.29 is 8.42 Å². The van der Waals surface area contributed by atoms with E-state index < -0.39 is 10.0 Å². The minimum atomic E-state index is -3.25. The molecule has 0 spiro atoms. The largest absolute Gasteiger partial charge is 0.314 e. The summed E-state index contributed by atoms with van der Waals surface area (Å²) in [6.07, 6.45) is 0.611. The fourth-order valence-corrected chi connectivity index (χ4v) is 2.75. The maximum Gasteiger partial charge on any atom is 0.232 e. The van der Waals surface area contributed by atoms with Gasteiger partial charge in [0.1, 0.15) is 0 Å². The highest BCUT2D eigenvalue weighted by molar-refractivity contribution is 7.92. The van der Waals surface area contributed by atoms with Crippen LogP contribution in [0.15, 0.2) is 24.3 Å². The summed E-state index contributed by atoms with van der Waals surface area (Å²) in [7, 11) is -3.25. The third-order valence-corrected chi connectivity index (χ3v) is 3.91. The SMILES string of the molecule is Cc1ccccc1NS(=O)(=O)CCCNC(C)C. The number of para-hydroxylation sites is 1. The first-order chi connectivity index (χ1) is 8.41. The Bertz CT molecular complexity index is 470. The van der Waals surface area contributed by atoms with Crippen LogP contribution in [0.2, 0.25) is 0 Å². The summed E-state index contributed by atoms with van der Waals surface area (Å²) in [5, 5.41) is 3.20. The highest BCUT2D eigenvalue weighted by atomic mass is 32.2. The van der Waals surface area contributed by atoms with E-state index >= 15 is 0 Å². The lowest BCUT2D eigenvalue weighted by Crippen LogP contribution is -2.26. The second-order valence-corrected chi connectivity index (χ2v) is 6.54. The van der Waals surface area contributed by atoms with Crippen LogP contribution >= 0.6 is 0 Å². The molecule has 0 aliphatic carbocycles. The van der Waals surface area contributed by atoms with E-state index in [0.29, 0.717) is 24.7 Å². The summed E-state index contributed by atoms with van der Waals surface area (Å²) in [6.45, 7) is 6.69. The molecule has 1 aromatic rings. The smallest absolute Gasteiger partial charge is 0.232 e. The third kappa shape index (κ3) is 5.51. The fraction of sp³-hybridized carbons (Fsp3) is 0.538. The number of rotatable bonds is 7. The second kappa shape index (κ2) is 6.75. The van der Waals surface area contributed by atoms with Gasteiger partial charge in [0, 0.05) is 6.04 Å². The lowest BCUT2D eigenvalue weighted by atomic mass is 10.2. The van der Waals surface area contributed by atoms with E-state index in [2.05, 4.69) is 10.0 Å². The highest BCUT2D eigenvalue weighted by Gasteiger charge is 2.11. The summed E-state index contributed by atoms with van der Waals surface area (Å²) >= 11 is 0. The van der Waals surface area contributed by atoms with Gasteiger partial charge in [-0.2, -0.15) is 0 Å². The van der Waals surface area contributed by atoms with E-state index in [4.69, 9.17) is 0 Å². The molecule has 0 heterocycles. The van der Waals surface area contributed by atoms with Crippen molar-refractivity contribution in [2.75, 3.05) is 17.0 Å². The van der Waals surface area contributed by atoms with Crippen LogP contribution in [-0.2, 0) is 10.0 Å². The maximum absolute atomic E-state index is 11.9. The van der Waals surface area contributed by atoms with E-state index in [1.807, 2.05) is 39.0 Å². The van der Waals surface area contributed by atoms with Crippen LogP contribution in [0, 0.1) is 6.92 Å². The van der Waals surface area contributed by atoms with E-state index in [-0.39, 0.29) is 5.75 Å². The third-order valence-electron chi connectivity index (χ3n) is 2.55. The van der Waals surface area contributed by atoms with Gasteiger partial charge in [-0.3, -0.25) is 4.72 Å². The van der Waals surface area contributed by atoms with Crippen molar-refractivity contribution >= 4 is 15.7 Å². The number of sulfonamides is 1. The van der Waals surface area contributed by atoms with E-state index in [1.165, 1.54) is 0 Å². The van der Waals surface area contributed by atoms with Crippen LogP contribution in [0.1, 0.15) is 25.8 Å². The molecular formula is C13H22N2O2S. The van der Waals surface area contributed by atoms with Crippen LogP contribution < -0.4 is 10.0 Å². The molecule has 0 saturated carbocycles.